The summed E-state index contributed by atoms with van der Waals surface area (Å²) in [5, 5.41) is 3.18. The van der Waals surface area contributed by atoms with E-state index >= 15 is 0 Å². The number of aryl methyl sites for hydroxylation is 1. The van der Waals surface area contributed by atoms with Gasteiger partial charge in [0.15, 0.2) is 0 Å². The van der Waals surface area contributed by atoms with Crippen molar-refractivity contribution < 1.29 is 4.79 Å². The van der Waals surface area contributed by atoms with Gasteiger partial charge in [-0.1, -0.05) is 30.5 Å². The van der Waals surface area contributed by atoms with Crippen LogP contribution < -0.4 is 5.32 Å². The number of benzene rings is 1. The van der Waals surface area contributed by atoms with Gasteiger partial charge in [-0.05, 0) is 31.9 Å². The molecule has 1 aromatic carbocycles. The number of hydrogen-bond donors (Lipinski definition) is 1. The number of rotatable bonds is 4. The van der Waals surface area contributed by atoms with E-state index in [0.29, 0.717) is 18.6 Å². The lowest BCUT2D eigenvalue weighted by Crippen LogP contribution is -2.61. The van der Waals surface area contributed by atoms with Crippen molar-refractivity contribution in [2.45, 2.75) is 49.6 Å². The Morgan fingerprint density at radius 1 is 1.24 bits per heavy atom. The number of thioether (sulfide) groups is 1. The number of piperazine rings is 1. The summed E-state index contributed by atoms with van der Waals surface area (Å²) in [5.74, 6) is 1.26. The Morgan fingerprint density at radius 3 is 2.81 bits per heavy atom. The van der Waals surface area contributed by atoms with E-state index in [9.17, 15) is 4.79 Å². The van der Waals surface area contributed by atoms with Crippen molar-refractivity contribution in [3.8, 4) is 0 Å². The summed E-state index contributed by atoms with van der Waals surface area (Å²) in [5.41, 5.74) is 1.30. The second-order valence-electron chi connectivity index (χ2n) is 6.16. The van der Waals surface area contributed by atoms with Crippen LogP contribution in [0.5, 0.6) is 0 Å². The first kappa shape index (κ1) is 14.9. The molecule has 21 heavy (non-hydrogen) atoms. The molecule has 3 nitrogen and oxygen atoms in total. The third kappa shape index (κ3) is 3.80. The zero-order valence-electron chi connectivity index (χ0n) is 12.7. The van der Waals surface area contributed by atoms with Crippen LogP contribution in [0.25, 0.3) is 0 Å². The zero-order chi connectivity index (χ0) is 14.7. The molecule has 1 N–H and O–H groups in total. The second-order valence-corrected chi connectivity index (χ2v) is 7.33. The van der Waals surface area contributed by atoms with Crippen LogP contribution in [-0.2, 0) is 4.79 Å². The van der Waals surface area contributed by atoms with Crippen molar-refractivity contribution in [2.24, 2.45) is 0 Å². The maximum Gasteiger partial charge on any atom is 0.234 e. The molecule has 1 saturated heterocycles. The van der Waals surface area contributed by atoms with Gasteiger partial charge in [-0.15, -0.1) is 11.8 Å². The summed E-state index contributed by atoms with van der Waals surface area (Å²) in [6, 6.07) is 9.65. The monoisotopic (exact) mass is 304 g/mol. The first-order valence-corrected chi connectivity index (χ1v) is 8.94. The van der Waals surface area contributed by atoms with Crippen molar-refractivity contribution in [3.05, 3.63) is 29.8 Å². The van der Waals surface area contributed by atoms with E-state index in [1.807, 2.05) is 11.8 Å². The third-order valence-electron chi connectivity index (χ3n) is 4.56. The number of carbonyl (C=O) groups excluding carboxylic acids is 1. The van der Waals surface area contributed by atoms with E-state index in [4.69, 9.17) is 0 Å². The van der Waals surface area contributed by atoms with Gasteiger partial charge in [0.25, 0.3) is 0 Å². The van der Waals surface area contributed by atoms with E-state index < -0.39 is 0 Å². The maximum atomic E-state index is 11.8. The fourth-order valence-electron chi connectivity index (χ4n) is 3.43. The van der Waals surface area contributed by atoms with Crippen LogP contribution in [0.4, 0.5) is 0 Å². The minimum Gasteiger partial charge on any atom is -0.351 e. The highest BCUT2D eigenvalue weighted by atomic mass is 32.2. The van der Waals surface area contributed by atoms with Crippen LogP contribution in [-0.4, -0.2) is 41.7 Å². The molecule has 1 aliphatic heterocycles. The summed E-state index contributed by atoms with van der Waals surface area (Å²) in [4.78, 5) is 15.6. The molecular formula is C17H24N2OS. The molecule has 2 fully saturated rings. The van der Waals surface area contributed by atoms with Gasteiger partial charge in [0, 0.05) is 29.3 Å². The number of hydrogen-bond acceptors (Lipinski definition) is 3. The van der Waals surface area contributed by atoms with Crippen molar-refractivity contribution in [1.29, 1.82) is 0 Å². The Balaban J connectivity index is 1.53. The summed E-state index contributed by atoms with van der Waals surface area (Å²) >= 11 is 1.89. The normalized spacial score (nSPS) is 26.2. The minimum atomic E-state index is 0.207. The lowest BCUT2D eigenvalue weighted by molar-refractivity contribution is -0.128. The van der Waals surface area contributed by atoms with Gasteiger partial charge in [-0.2, -0.15) is 0 Å². The van der Waals surface area contributed by atoms with E-state index in [-0.39, 0.29) is 5.91 Å². The average Bonchev–Trinajstić information content (AvgIpc) is 2.49. The van der Waals surface area contributed by atoms with E-state index in [1.165, 1.54) is 29.7 Å². The van der Waals surface area contributed by atoms with Crippen molar-refractivity contribution >= 4 is 17.7 Å². The second kappa shape index (κ2) is 6.84. The average molecular weight is 304 g/mol. The van der Waals surface area contributed by atoms with Crippen molar-refractivity contribution in [1.82, 2.24) is 10.2 Å². The van der Waals surface area contributed by atoms with Crippen LogP contribution in [0.3, 0.4) is 0 Å². The highest BCUT2D eigenvalue weighted by molar-refractivity contribution is 7.99. The van der Waals surface area contributed by atoms with Gasteiger partial charge in [0.1, 0.15) is 0 Å². The van der Waals surface area contributed by atoms with Crippen molar-refractivity contribution in [2.75, 3.05) is 18.8 Å². The predicted molar refractivity (Wildman–Crippen MR) is 87.7 cm³/mol. The zero-order valence-corrected chi connectivity index (χ0v) is 13.5. The van der Waals surface area contributed by atoms with Gasteiger partial charge in [-0.25, -0.2) is 0 Å². The molecule has 1 aromatic rings. The predicted octanol–water partition coefficient (Wildman–Crippen LogP) is 2.83. The molecule has 0 spiro atoms. The fraction of sp³-hybridized carbons (Fsp3) is 0.588. The van der Waals surface area contributed by atoms with E-state index in [2.05, 4.69) is 41.4 Å². The molecule has 2 unspecified atom stereocenters. The minimum absolute atomic E-state index is 0.207. The van der Waals surface area contributed by atoms with Gasteiger partial charge in [-0.3, -0.25) is 9.69 Å². The Hall–Kier alpha value is -1.00. The Bertz CT molecular complexity index is 488. The van der Waals surface area contributed by atoms with E-state index in [0.717, 1.165) is 18.7 Å². The maximum absolute atomic E-state index is 11.8. The molecule has 1 aliphatic carbocycles. The molecular weight excluding hydrogens is 280 g/mol. The highest BCUT2D eigenvalue weighted by Crippen LogP contribution is 2.26. The Morgan fingerprint density at radius 2 is 2.00 bits per heavy atom. The molecule has 0 aromatic heterocycles. The summed E-state index contributed by atoms with van der Waals surface area (Å²) in [6.45, 7) is 3.70. The highest BCUT2D eigenvalue weighted by Gasteiger charge is 2.35. The lowest BCUT2D eigenvalue weighted by atomic mass is 9.87. The third-order valence-corrected chi connectivity index (χ3v) is 5.55. The Kier molecular flexibility index (Phi) is 4.86. The SMILES string of the molecule is Cc1ccc(SCCN2CC(=O)NC3CCCCC32)cc1. The number of nitrogens with one attached hydrogen (secondary N) is 1. The van der Waals surface area contributed by atoms with Crippen LogP contribution in [0.2, 0.25) is 0 Å². The van der Waals surface area contributed by atoms with E-state index in [1.54, 1.807) is 0 Å². The largest absolute Gasteiger partial charge is 0.351 e. The van der Waals surface area contributed by atoms with Crippen molar-refractivity contribution in [3.63, 3.8) is 0 Å². The molecule has 0 bridgehead atoms. The number of nitrogens with zero attached hydrogens (tertiary/aromatic N) is 1. The molecule has 1 heterocycles. The number of amides is 1. The first-order valence-electron chi connectivity index (χ1n) is 7.95. The van der Waals surface area contributed by atoms with Crippen LogP contribution in [0.1, 0.15) is 31.2 Å². The first-order chi connectivity index (χ1) is 10.2. The topological polar surface area (TPSA) is 32.3 Å². The molecule has 2 atom stereocenters. The molecule has 1 saturated carbocycles. The molecule has 1 amide bonds. The smallest absolute Gasteiger partial charge is 0.234 e. The van der Waals surface area contributed by atoms with Crippen LogP contribution in [0.15, 0.2) is 29.2 Å². The number of carbonyl (C=O) groups is 1. The molecule has 114 valence electrons. The summed E-state index contributed by atoms with van der Waals surface area (Å²) < 4.78 is 0. The quantitative estimate of drug-likeness (QED) is 0.868. The van der Waals surface area contributed by atoms with Gasteiger partial charge in [0.2, 0.25) is 5.91 Å². The van der Waals surface area contributed by atoms with Gasteiger partial charge < -0.3 is 5.32 Å². The molecule has 0 radical (unpaired) electrons. The molecule has 2 aliphatic rings. The van der Waals surface area contributed by atoms with Gasteiger partial charge >= 0.3 is 0 Å². The summed E-state index contributed by atoms with van der Waals surface area (Å²) in [7, 11) is 0. The Labute approximate surface area is 131 Å². The lowest BCUT2D eigenvalue weighted by Gasteiger charge is -2.44. The molecule has 3 rings (SSSR count). The fourth-order valence-corrected chi connectivity index (χ4v) is 4.32. The van der Waals surface area contributed by atoms with Gasteiger partial charge in [0.05, 0.1) is 6.54 Å². The summed E-state index contributed by atoms with van der Waals surface area (Å²) in [6.07, 6.45) is 4.95. The number of fused-ring (bicyclic) bond motifs is 1. The standard InChI is InChI=1S/C17H24N2OS/c1-13-6-8-14(9-7-13)21-11-10-19-12-17(20)18-15-4-2-3-5-16(15)19/h6-9,15-16H,2-5,10-12H2,1H3,(H,18,20). The van der Waals surface area contributed by atoms with Crippen LogP contribution >= 0.6 is 11.8 Å². The molecule has 4 heteroatoms. The van der Waals surface area contributed by atoms with Crippen LogP contribution in [0, 0.1) is 6.92 Å².